The van der Waals surface area contributed by atoms with Crippen LogP contribution in [0, 0.1) is 17.0 Å². The molecule has 0 unspecified atom stereocenters. The lowest BCUT2D eigenvalue weighted by Crippen LogP contribution is -2.65. The molecule has 1 saturated heterocycles. The highest BCUT2D eigenvalue weighted by Crippen LogP contribution is 2.44. The molecule has 5 nitrogen and oxygen atoms in total. The number of nitrogens with zero attached hydrogens (tertiary/aromatic N) is 1. The molecule has 2 fully saturated rings. The Morgan fingerprint density at radius 3 is 2.48 bits per heavy atom. The first-order chi connectivity index (χ1) is 9.94. The van der Waals surface area contributed by atoms with Gasteiger partial charge >= 0.3 is 6.03 Å². The van der Waals surface area contributed by atoms with Gasteiger partial charge in [0, 0.05) is 11.6 Å². The molecule has 0 aromatic heterocycles. The topological polar surface area (TPSA) is 66.5 Å². The van der Waals surface area contributed by atoms with Gasteiger partial charge < -0.3 is 0 Å². The molecule has 2 aliphatic rings. The maximum Gasteiger partial charge on any atom is 0.331 e. The summed E-state index contributed by atoms with van der Waals surface area (Å²) in [5.74, 6) is -2.77. The molecule has 0 bridgehead atoms. The average Bonchev–Trinajstić information content (AvgIpc) is 2.34. The SMILES string of the molecule is O=C1NC(=O)C2(CCC2)C(=O)N1Cc1ccc(F)cc1F. The summed E-state index contributed by atoms with van der Waals surface area (Å²) in [6.07, 6.45) is 1.49. The molecule has 1 spiro atoms. The highest BCUT2D eigenvalue weighted by Gasteiger charge is 2.57. The molecule has 7 heteroatoms. The van der Waals surface area contributed by atoms with Crippen molar-refractivity contribution in [3.05, 3.63) is 35.4 Å². The van der Waals surface area contributed by atoms with E-state index in [1.807, 2.05) is 0 Å². The van der Waals surface area contributed by atoms with Crippen molar-refractivity contribution >= 4 is 17.8 Å². The Balaban J connectivity index is 1.88. The van der Waals surface area contributed by atoms with E-state index in [4.69, 9.17) is 0 Å². The first kappa shape index (κ1) is 13.7. The molecule has 4 amide bonds. The maximum absolute atomic E-state index is 13.6. The summed E-state index contributed by atoms with van der Waals surface area (Å²) in [5.41, 5.74) is -1.17. The van der Waals surface area contributed by atoms with Gasteiger partial charge in [-0.1, -0.05) is 12.5 Å². The van der Waals surface area contributed by atoms with Crippen molar-refractivity contribution in [3.8, 4) is 0 Å². The molecule has 1 saturated carbocycles. The second-order valence-corrected chi connectivity index (χ2v) is 5.32. The largest absolute Gasteiger partial charge is 0.331 e. The van der Waals surface area contributed by atoms with Crippen LogP contribution in [0.15, 0.2) is 18.2 Å². The van der Waals surface area contributed by atoms with Crippen molar-refractivity contribution in [2.45, 2.75) is 25.8 Å². The summed E-state index contributed by atoms with van der Waals surface area (Å²) >= 11 is 0. The van der Waals surface area contributed by atoms with Gasteiger partial charge in [-0.3, -0.25) is 19.8 Å². The van der Waals surface area contributed by atoms with Crippen LogP contribution >= 0.6 is 0 Å². The predicted molar refractivity (Wildman–Crippen MR) is 66.7 cm³/mol. The van der Waals surface area contributed by atoms with E-state index in [1.54, 1.807) is 0 Å². The van der Waals surface area contributed by atoms with Gasteiger partial charge in [0.05, 0.1) is 6.54 Å². The molecule has 21 heavy (non-hydrogen) atoms. The van der Waals surface area contributed by atoms with Crippen LogP contribution in [0.5, 0.6) is 0 Å². The molecule has 110 valence electrons. The highest BCUT2D eigenvalue weighted by atomic mass is 19.1. The van der Waals surface area contributed by atoms with Gasteiger partial charge in [-0.25, -0.2) is 13.6 Å². The second kappa shape index (κ2) is 4.61. The van der Waals surface area contributed by atoms with Gasteiger partial charge in [-0.15, -0.1) is 0 Å². The summed E-state index contributed by atoms with van der Waals surface area (Å²) in [6, 6.07) is 2.04. The lowest BCUT2D eigenvalue weighted by Gasteiger charge is -2.44. The number of carbonyl (C=O) groups is 3. The molecule has 1 aliphatic heterocycles. The van der Waals surface area contributed by atoms with E-state index in [-0.39, 0.29) is 12.1 Å². The van der Waals surface area contributed by atoms with Crippen LogP contribution in [0.1, 0.15) is 24.8 Å². The van der Waals surface area contributed by atoms with Gasteiger partial charge in [-0.2, -0.15) is 0 Å². The molecule has 1 heterocycles. The van der Waals surface area contributed by atoms with Crippen LogP contribution in [-0.4, -0.2) is 22.7 Å². The monoisotopic (exact) mass is 294 g/mol. The standard InChI is InChI=1S/C14H12F2N2O3/c15-9-3-2-8(10(16)6-9)7-18-12(20)14(4-1-5-14)11(19)17-13(18)21/h2-3,6H,1,4-5,7H2,(H,17,19,21). The number of hydrogen-bond acceptors (Lipinski definition) is 3. The van der Waals surface area contributed by atoms with Crippen molar-refractivity contribution in [1.82, 2.24) is 10.2 Å². The molecule has 1 aromatic rings. The lowest BCUT2D eigenvalue weighted by molar-refractivity contribution is -0.158. The van der Waals surface area contributed by atoms with Crippen molar-refractivity contribution in [2.24, 2.45) is 5.41 Å². The molecular formula is C14H12F2N2O3. The summed E-state index contributed by atoms with van der Waals surface area (Å²) < 4.78 is 26.5. The average molecular weight is 294 g/mol. The third-order valence-electron chi connectivity index (χ3n) is 4.11. The van der Waals surface area contributed by atoms with Gasteiger partial charge in [0.1, 0.15) is 17.0 Å². The van der Waals surface area contributed by atoms with E-state index >= 15 is 0 Å². The van der Waals surface area contributed by atoms with Crippen molar-refractivity contribution in [2.75, 3.05) is 0 Å². The molecule has 3 rings (SSSR count). The first-order valence-electron chi connectivity index (χ1n) is 6.55. The fourth-order valence-electron chi connectivity index (χ4n) is 2.67. The Kier molecular flexibility index (Phi) is 3.00. The summed E-state index contributed by atoms with van der Waals surface area (Å²) in [4.78, 5) is 36.8. The van der Waals surface area contributed by atoms with Crippen molar-refractivity contribution in [1.29, 1.82) is 0 Å². The molecular weight excluding hydrogens is 282 g/mol. The number of hydrogen-bond donors (Lipinski definition) is 1. The smallest absolute Gasteiger partial charge is 0.277 e. The second-order valence-electron chi connectivity index (χ2n) is 5.32. The third kappa shape index (κ3) is 2.00. The molecule has 1 aliphatic carbocycles. The van der Waals surface area contributed by atoms with Crippen molar-refractivity contribution < 1.29 is 23.2 Å². The van der Waals surface area contributed by atoms with Crippen LogP contribution in [0.25, 0.3) is 0 Å². The third-order valence-corrected chi connectivity index (χ3v) is 4.11. The first-order valence-corrected chi connectivity index (χ1v) is 6.55. The zero-order valence-electron chi connectivity index (χ0n) is 11.0. The van der Waals surface area contributed by atoms with E-state index < -0.39 is 34.9 Å². The highest BCUT2D eigenvalue weighted by molar-refractivity contribution is 6.19. The molecule has 0 atom stereocenters. The van der Waals surface area contributed by atoms with Crippen molar-refractivity contribution in [3.63, 3.8) is 0 Å². The van der Waals surface area contributed by atoms with Gasteiger partial charge in [0.25, 0.3) is 0 Å². The number of halogens is 2. The minimum atomic E-state index is -1.19. The number of barbiturate groups is 1. The zero-order valence-corrected chi connectivity index (χ0v) is 11.0. The number of urea groups is 1. The van der Waals surface area contributed by atoms with Gasteiger partial charge in [0.2, 0.25) is 11.8 Å². The molecule has 0 radical (unpaired) electrons. The van der Waals surface area contributed by atoms with Crippen LogP contribution in [0.4, 0.5) is 13.6 Å². The number of amides is 4. The number of imide groups is 2. The number of nitrogens with one attached hydrogen (secondary N) is 1. The van der Waals surface area contributed by atoms with E-state index in [9.17, 15) is 23.2 Å². The summed E-state index contributed by atoms with van der Waals surface area (Å²) in [6.45, 7) is -0.328. The van der Waals surface area contributed by atoms with Crippen LogP contribution < -0.4 is 5.32 Å². The quantitative estimate of drug-likeness (QED) is 0.844. The number of carbonyl (C=O) groups excluding carboxylic acids is 3. The van der Waals surface area contributed by atoms with E-state index in [0.717, 1.165) is 17.4 Å². The van der Waals surface area contributed by atoms with Gasteiger partial charge in [-0.05, 0) is 18.9 Å². The van der Waals surface area contributed by atoms with Crippen LogP contribution in [-0.2, 0) is 16.1 Å². The van der Waals surface area contributed by atoms with E-state index in [2.05, 4.69) is 5.32 Å². The Labute approximate surface area is 118 Å². The minimum Gasteiger partial charge on any atom is -0.277 e. The fourth-order valence-corrected chi connectivity index (χ4v) is 2.67. The lowest BCUT2D eigenvalue weighted by atomic mass is 9.66. The zero-order chi connectivity index (χ0) is 15.2. The Hall–Kier alpha value is -2.31. The minimum absolute atomic E-state index is 0.0173. The van der Waals surface area contributed by atoms with Gasteiger partial charge in [0.15, 0.2) is 0 Å². The summed E-state index contributed by atoms with van der Waals surface area (Å²) in [5, 5.41) is 2.13. The van der Waals surface area contributed by atoms with E-state index in [0.29, 0.717) is 18.9 Å². The Morgan fingerprint density at radius 2 is 1.90 bits per heavy atom. The molecule has 1 aromatic carbocycles. The Bertz CT molecular complexity index is 656. The fraction of sp³-hybridized carbons (Fsp3) is 0.357. The number of rotatable bonds is 2. The summed E-state index contributed by atoms with van der Waals surface area (Å²) in [7, 11) is 0. The Morgan fingerprint density at radius 1 is 1.19 bits per heavy atom. The van der Waals surface area contributed by atoms with Crippen LogP contribution in [0.3, 0.4) is 0 Å². The van der Waals surface area contributed by atoms with Crippen LogP contribution in [0.2, 0.25) is 0 Å². The number of benzene rings is 1. The van der Waals surface area contributed by atoms with E-state index in [1.165, 1.54) is 6.07 Å². The maximum atomic E-state index is 13.6. The molecule has 1 N–H and O–H groups in total. The normalized spacial score (nSPS) is 20.5. The predicted octanol–water partition coefficient (Wildman–Crippen LogP) is 1.71.